The van der Waals surface area contributed by atoms with E-state index in [0.717, 1.165) is 24.1 Å². The first-order valence-corrected chi connectivity index (χ1v) is 12.2. The van der Waals surface area contributed by atoms with Gasteiger partial charge in [-0.15, -0.1) is 0 Å². The Hall–Kier alpha value is -3.96. The number of anilines is 1. The maximum Gasteiger partial charge on any atom is 0.337 e. The van der Waals surface area contributed by atoms with Gasteiger partial charge in [-0.3, -0.25) is 9.88 Å². The highest BCUT2D eigenvalue weighted by Crippen LogP contribution is 2.29. The molecule has 5 rings (SSSR count). The zero-order valence-corrected chi connectivity index (χ0v) is 21.3. The number of fused-ring (bicyclic) bond motifs is 1. The number of nitrogens with two attached hydrogens (primary N) is 1. The second kappa shape index (κ2) is 10.6. The van der Waals surface area contributed by atoms with Gasteiger partial charge in [-0.2, -0.15) is 5.10 Å². The van der Waals surface area contributed by atoms with Crippen LogP contribution >= 0.6 is 0 Å². The molecule has 0 amide bonds. The molecule has 1 unspecified atom stereocenters. The van der Waals surface area contributed by atoms with E-state index in [9.17, 15) is 4.79 Å². The van der Waals surface area contributed by atoms with Crippen molar-refractivity contribution in [1.82, 2.24) is 29.2 Å². The van der Waals surface area contributed by atoms with Crippen LogP contribution in [0.3, 0.4) is 0 Å². The van der Waals surface area contributed by atoms with Crippen LogP contribution in [-0.4, -0.2) is 81.7 Å². The molecular weight excluding hydrogens is 474 g/mol. The van der Waals surface area contributed by atoms with Crippen LogP contribution in [0, 0.1) is 6.92 Å². The zero-order valence-electron chi connectivity index (χ0n) is 21.3. The van der Waals surface area contributed by atoms with Gasteiger partial charge in [0.1, 0.15) is 6.61 Å². The van der Waals surface area contributed by atoms with Crippen molar-refractivity contribution in [3.8, 4) is 17.1 Å². The van der Waals surface area contributed by atoms with E-state index in [0.29, 0.717) is 60.7 Å². The summed E-state index contributed by atoms with van der Waals surface area (Å²) in [6.45, 7) is 5.70. The molecule has 11 nitrogen and oxygen atoms in total. The summed E-state index contributed by atoms with van der Waals surface area (Å²) in [7, 11) is 3.18. The number of rotatable bonds is 7. The van der Waals surface area contributed by atoms with E-state index in [1.165, 1.54) is 7.11 Å². The predicted molar refractivity (Wildman–Crippen MR) is 138 cm³/mol. The molecule has 4 heterocycles. The molecule has 0 bridgehead atoms. The summed E-state index contributed by atoms with van der Waals surface area (Å²) in [6, 6.07) is 11.4. The SMILES string of the molecule is COC(=O)c1cc(C)nc(-c2cnn(C)c2OCCN2CCOCC(n3c(N)nc4ccccc43)C2)c1. The molecule has 1 aromatic carbocycles. The molecule has 4 aromatic rings. The minimum atomic E-state index is -0.414. The van der Waals surface area contributed by atoms with Crippen molar-refractivity contribution in [3.63, 3.8) is 0 Å². The lowest BCUT2D eigenvalue weighted by molar-refractivity contribution is 0.0600. The Morgan fingerprint density at radius 2 is 2.08 bits per heavy atom. The fourth-order valence-electron chi connectivity index (χ4n) is 4.75. The summed E-state index contributed by atoms with van der Waals surface area (Å²) in [4.78, 5) is 23.5. The van der Waals surface area contributed by atoms with Crippen molar-refractivity contribution in [2.45, 2.75) is 13.0 Å². The van der Waals surface area contributed by atoms with Crippen molar-refractivity contribution in [3.05, 3.63) is 53.9 Å². The molecule has 2 N–H and O–H groups in total. The Bertz CT molecular complexity index is 1410. The van der Waals surface area contributed by atoms with Crippen LogP contribution in [0.2, 0.25) is 0 Å². The molecule has 11 heteroatoms. The number of aromatic nitrogens is 5. The van der Waals surface area contributed by atoms with Crippen LogP contribution in [0.1, 0.15) is 22.1 Å². The summed E-state index contributed by atoms with van der Waals surface area (Å²) in [5.74, 6) is 0.660. The number of hydrogen-bond donors (Lipinski definition) is 1. The van der Waals surface area contributed by atoms with Gasteiger partial charge in [0.2, 0.25) is 11.8 Å². The minimum Gasteiger partial charge on any atom is -0.476 e. The van der Waals surface area contributed by atoms with Gasteiger partial charge in [0.25, 0.3) is 0 Å². The lowest BCUT2D eigenvalue weighted by Gasteiger charge is -2.25. The molecule has 3 aromatic heterocycles. The van der Waals surface area contributed by atoms with Gasteiger partial charge in [-0.1, -0.05) is 12.1 Å². The number of carbonyl (C=O) groups excluding carboxylic acids is 1. The number of para-hydroxylation sites is 2. The lowest BCUT2D eigenvalue weighted by atomic mass is 10.1. The maximum atomic E-state index is 12.1. The standard InChI is InChI=1S/C26H31N7O4/c1-17-12-18(25(34)35-3)13-22(29-17)20-14-28-31(2)24(20)37-11-9-32-8-10-36-16-19(15-32)33-23-7-5-4-6-21(23)30-26(33)27/h4-7,12-14,19H,8-11,15-16H2,1-3H3,(H2,27,30). The highest BCUT2D eigenvalue weighted by atomic mass is 16.5. The Balaban J connectivity index is 1.30. The number of nitrogen functional groups attached to an aromatic ring is 1. The Morgan fingerprint density at radius 3 is 2.92 bits per heavy atom. The number of carbonyl (C=O) groups is 1. The molecule has 37 heavy (non-hydrogen) atoms. The number of nitrogens with zero attached hydrogens (tertiary/aromatic N) is 6. The molecule has 0 saturated carbocycles. The van der Waals surface area contributed by atoms with E-state index in [4.69, 9.17) is 19.9 Å². The van der Waals surface area contributed by atoms with Crippen LogP contribution in [-0.2, 0) is 16.5 Å². The first-order chi connectivity index (χ1) is 17.9. The van der Waals surface area contributed by atoms with Gasteiger partial charge in [-0.25, -0.2) is 14.5 Å². The van der Waals surface area contributed by atoms with E-state index >= 15 is 0 Å². The van der Waals surface area contributed by atoms with E-state index in [1.807, 2.05) is 38.2 Å². The Kier molecular flexibility index (Phi) is 7.06. The van der Waals surface area contributed by atoms with Gasteiger partial charge in [-0.05, 0) is 31.2 Å². The number of aryl methyl sites for hydroxylation is 2. The number of hydrogen-bond acceptors (Lipinski definition) is 9. The van der Waals surface area contributed by atoms with Crippen molar-refractivity contribution < 1.29 is 19.0 Å². The van der Waals surface area contributed by atoms with E-state index in [2.05, 4.69) is 24.5 Å². The van der Waals surface area contributed by atoms with E-state index < -0.39 is 5.97 Å². The number of ether oxygens (including phenoxy) is 3. The highest BCUT2D eigenvalue weighted by molar-refractivity contribution is 5.90. The molecule has 1 saturated heterocycles. The zero-order chi connectivity index (χ0) is 25.9. The summed E-state index contributed by atoms with van der Waals surface area (Å²) >= 11 is 0. The Morgan fingerprint density at radius 1 is 1.24 bits per heavy atom. The molecule has 0 radical (unpaired) electrons. The second-order valence-electron chi connectivity index (χ2n) is 9.07. The molecule has 1 atom stereocenters. The first kappa shape index (κ1) is 24.7. The fourth-order valence-corrected chi connectivity index (χ4v) is 4.75. The molecule has 1 aliphatic heterocycles. The monoisotopic (exact) mass is 505 g/mol. The van der Waals surface area contributed by atoms with Crippen LogP contribution in [0.25, 0.3) is 22.3 Å². The molecule has 0 aliphatic carbocycles. The van der Waals surface area contributed by atoms with Gasteiger partial charge in [0.05, 0.1) is 60.4 Å². The predicted octanol–water partition coefficient (Wildman–Crippen LogP) is 2.46. The van der Waals surface area contributed by atoms with Gasteiger partial charge in [0.15, 0.2) is 0 Å². The maximum absolute atomic E-state index is 12.1. The topological polar surface area (TPSA) is 123 Å². The van der Waals surface area contributed by atoms with Crippen LogP contribution in [0.5, 0.6) is 5.88 Å². The van der Waals surface area contributed by atoms with E-state index in [-0.39, 0.29) is 6.04 Å². The number of esters is 1. The second-order valence-corrected chi connectivity index (χ2v) is 9.07. The van der Waals surface area contributed by atoms with Gasteiger partial charge < -0.3 is 24.5 Å². The normalized spacial score (nSPS) is 16.6. The third kappa shape index (κ3) is 5.13. The average Bonchev–Trinajstić information content (AvgIpc) is 3.33. The van der Waals surface area contributed by atoms with Gasteiger partial charge >= 0.3 is 5.97 Å². The summed E-state index contributed by atoms with van der Waals surface area (Å²) in [5.41, 5.74) is 10.6. The number of methoxy groups -OCH3 is 1. The molecule has 1 fully saturated rings. The summed E-state index contributed by atoms with van der Waals surface area (Å²) in [5, 5.41) is 4.36. The summed E-state index contributed by atoms with van der Waals surface area (Å²) in [6.07, 6.45) is 1.70. The molecule has 0 spiro atoms. The fraction of sp³-hybridized carbons (Fsp3) is 0.385. The molecule has 1 aliphatic rings. The lowest BCUT2D eigenvalue weighted by Crippen LogP contribution is -2.35. The number of imidazole rings is 1. The van der Waals surface area contributed by atoms with Crippen LogP contribution in [0.15, 0.2) is 42.6 Å². The van der Waals surface area contributed by atoms with Crippen molar-refractivity contribution in [2.75, 3.05) is 52.3 Å². The largest absolute Gasteiger partial charge is 0.476 e. The third-order valence-electron chi connectivity index (χ3n) is 6.50. The molecular formula is C26H31N7O4. The van der Waals surface area contributed by atoms with Crippen molar-refractivity contribution in [1.29, 1.82) is 0 Å². The summed E-state index contributed by atoms with van der Waals surface area (Å²) < 4.78 is 20.7. The van der Waals surface area contributed by atoms with E-state index in [1.54, 1.807) is 23.0 Å². The average molecular weight is 506 g/mol. The number of pyridine rings is 1. The number of benzene rings is 1. The molecule has 194 valence electrons. The van der Waals surface area contributed by atoms with Crippen molar-refractivity contribution >= 4 is 23.0 Å². The van der Waals surface area contributed by atoms with Crippen LogP contribution < -0.4 is 10.5 Å². The Labute approximate surface area is 214 Å². The third-order valence-corrected chi connectivity index (χ3v) is 6.50. The minimum absolute atomic E-state index is 0.0374. The highest BCUT2D eigenvalue weighted by Gasteiger charge is 2.24. The van der Waals surface area contributed by atoms with Crippen LogP contribution in [0.4, 0.5) is 5.95 Å². The quantitative estimate of drug-likeness (QED) is 0.377. The smallest absolute Gasteiger partial charge is 0.337 e. The van der Waals surface area contributed by atoms with Gasteiger partial charge in [0, 0.05) is 32.4 Å². The van der Waals surface area contributed by atoms with Crippen molar-refractivity contribution in [2.24, 2.45) is 7.05 Å². The first-order valence-electron chi connectivity index (χ1n) is 12.2.